The van der Waals surface area contributed by atoms with Crippen molar-refractivity contribution in [2.45, 2.75) is 13.0 Å². The third-order valence-electron chi connectivity index (χ3n) is 2.78. The summed E-state index contributed by atoms with van der Waals surface area (Å²) < 4.78 is 0.978. The van der Waals surface area contributed by atoms with Gasteiger partial charge in [0.1, 0.15) is 0 Å². The maximum absolute atomic E-state index is 6.26. The summed E-state index contributed by atoms with van der Waals surface area (Å²) in [7, 11) is 0. The largest absolute Gasteiger partial charge is 0.320 e. The number of rotatable bonds is 2. The van der Waals surface area contributed by atoms with Crippen LogP contribution in [0.1, 0.15) is 22.7 Å². The van der Waals surface area contributed by atoms with Crippen molar-refractivity contribution in [2.24, 2.45) is 5.73 Å². The summed E-state index contributed by atoms with van der Waals surface area (Å²) in [5.41, 5.74) is 9.26. The smallest absolute Gasteiger partial charge is 0.0578 e. The Morgan fingerprint density at radius 2 is 1.78 bits per heavy atom. The summed E-state index contributed by atoms with van der Waals surface area (Å²) >= 11 is 15.7. The van der Waals surface area contributed by atoms with E-state index in [-0.39, 0.29) is 6.04 Å². The van der Waals surface area contributed by atoms with Gasteiger partial charge in [0.25, 0.3) is 0 Å². The molecule has 0 aliphatic heterocycles. The molecular weight excluding hydrogens is 333 g/mol. The van der Waals surface area contributed by atoms with E-state index in [0.717, 1.165) is 15.6 Å². The number of halogens is 3. The summed E-state index contributed by atoms with van der Waals surface area (Å²) in [6.07, 6.45) is 0. The van der Waals surface area contributed by atoms with Crippen LogP contribution in [-0.4, -0.2) is 0 Å². The quantitative estimate of drug-likeness (QED) is 0.804. The first kappa shape index (κ1) is 13.9. The molecule has 1 unspecified atom stereocenters. The lowest BCUT2D eigenvalue weighted by molar-refractivity contribution is 0.865. The summed E-state index contributed by atoms with van der Waals surface area (Å²) in [6, 6.07) is 11.1. The van der Waals surface area contributed by atoms with Crippen molar-refractivity contribution < 1.29 is 0 Å². The van der Waals surface area contributed by atoms with Crippen LogP contribution in [0.5, 0.6) is 0 Å². The Labute approximate surface area is 125 Å². The highest BCUT2D eigenvalue weighted by Crippen LogP contribution is 2.32. The normalized spacial score (nSPS) is 12.5. The maximum atomic E-state index is 6.26. The lowest BCUT2D eigenvalue weighted by atomic mass is 9.99. The number of hydrogen-bond donors (Lipinski definition) is 1. The van der Waals surface area contributed by atoms with Gasteiger partial charge in [0.2, 0.25) is 0 Å². The van der Waals surface area contributed by atoms with Crippen molar-refractivity contribution in [3.05, 3.63) is 67.6 Å². The molecule has 18 heavy (non-hydrogen) atoms. The Bertz CT molecular complexity index is 584. The second-order valence-electron chi connectivity index (χ2n) is 4.17. The molecule has 2 N–H and O–H groups in total. The SMILES string of the molecule is Cc1ccc(C(N)c2cc(Cl)ccc2Cl)c(Br)c1. The van der Waals surface area contributed by atoms with E-state index in [1.807, 2.05) is 25.1 Å². The lowest BCUT2D eigenvalue weighted by Gasteiger charge is -2.16. The minimum Gasteiger partial charge on any atom is -0.320 e. The van der Waals surface area contributed by atoms with Gasteiger partial charge < -0.3 is 5.73 Å². The molecule has 0 spiro atoms. The van der Waals surface area contributed by atoms with E-state index in [4.69, 9.17) is 28.9 Å². The fourth-order valence-corrected chi connectivity index (χ4v) is 2.96. The molecule has 0 saturated carbocycles. The molecule has 94 valence electrons. The third kappa shape index (κ3) is 2.89. The van der Waals surface area contributed by atoms with E-state index >= 15 is 0 Å². The highest BCUT2D eigenvalue weighted by Gasteiger charge is 2.15. The number of aryl methyl sites for hydroxylation is 1. The molecule has 4 heteroatoms. The molecule has 0 radical (unpaired) electrons. The van der Waals surface area contributed by atoms with E-state index in [9.17, 15) is 0 Å². The first-order valence-electron chi connectivity index (χ1n) is 5.45. The van der Waals surface area contributed by atoms with Crippen LogP contribution in [0.4, 0.5) is 0 Å². The summed E-state index contributed by atoms with van der Waals surface area (Å²) in [4.78, 5) is 0. The van der Waals surface area contributed by atoms with Crippen LogP contribution < -0.4 is 5.73 Å². The van der Waals surface area contributed by atoms with Gasteiger partial charge in [0, 0.05) is 14.5 Å². The fraction of sp³-hybridized carbons (Fsp3) is 0.143. The van der Waals surface area contributed by atoms with E-state index in [0.29, 0.717) is 10.0 Å². The molecule has 0 amide bonds. The zero-order valence-corrected chi connectivity index (χ0v) is 12.9. The molecule has 0 bridgehead atoms. The number of hydrogen-bond acceptors (Lipinski definition) is 1. The lowest BCUT2D eigenvalue weighted by Crippen LogP contribution is -2.13. The second kappa shape index (κ2) is 5.62. The van der Waals surface area contributed by atoms with Gasteiger partial charge in [-0.2, -0.15) is 0 Å². The number of benzene rings is 2. The minimum atomic E-state index is -0.300. The molecule has 0 aliphatic carbocycles. The molecule has 0 saturated heterocycles. The van der Waals surface area contributed by atoms with E-state index in [1.54, 1.807) is 18.2 Å². The summed E-state index contributed by atoms with van der Waals surface area (Å²) in [6.45, 7) is 2.03. The van der Waals surface area contributed by atoms with Crippen molar-refractivity contribution in [3.63, 3.8) is 0 Å². The average molecular weight is 345 g/mol. The van der Waals surface area contributed by atoms with Crippen molar-refractivity contribution in [2.75, 3.05) is 0 Å². The van der Waals surface area contributed by atoms with Crippen molar-refractivity contribution >= 4 is 39.1 Å². The van der Waals surface area contributed by atoms with Crippen LogP contribution in [0.2, 0.25) is 10.0 Å². The monoisotopic (exact) mass is 343 g/mol. The van der Waals surface area contributed by atoms with Gasteiger partial charge in [-0.15, -0.1) is 0 Å². The number of nitrogens with two attached hydrogens (primary N) is 1. The van der Waals surface area contributed by atoms with Gasteiger partial charge in [0.15, 0.2) is 0 Å². The van der Waals surface area contributed by atoms with Gasteiger partial charge in [-0.25, -0.2) is 0 Å². The summed E-state index contributed by atoms with van der Waals surface area (Å²) in [5, 5.41) is 1.26. The standard InChI is InChI=1S/C14H12BrCl2N/c1-8-2-4-10(12(15)6-8)14(18)11-7-9(16)3-5-13(11)17/h2-7,14H,18H2,1H3. The van der Waals surface area contributed by atoms with Gasteiger partial charge in [-0.3, -0.25) is 0 Å². The topological polar surface area (TPSA) is 26.0 Å². The third-order valence-corrected chi connectivity index (χ3v) is 4.05. The maximum Gasteiger partial charge on any atom is 0.0578 e. The van der Waals surface area contributed by atoms with Gasteiger partial charge in [-0.05, 0) is 47.9 Å². The zero-order chi connectivity index (χ0) is 13.3. The van der Waals surface area contributed by atoms with Crippen LogP contribution in [-0.2, 0) is 0 Å². The molecule has 2 rings (SSSR count). The molecule has 1 atom stereocenters. The Kier molecular flexibility index (Phi) is 4.33. The molecule has 0 fully saturated rings. The summed E-state index contributed by atoms with van der Waals surface area (Å²) in [5.74, 6) is 0. The van der Waals surface area contributed by atoms with Gasteiger partial charge in [0.05, 0.1) is 6.04 Å². The van der Waals surface area contributed by atoms with Crippen LogP contribution in [0.15, 0.2) is 40.9 Å². The zero-order valence-electron chi connectivity index (χ0n) is 9.75. The van der Waals surface area contributed by atoms with Crippen LogP contribution in [0, 0.1) is 6.92 Å². The molecule has 0 aliphatic rings. The highest BCUT2D eigenvalue weighted by molar-refractivity contribution is 9.10. The van der Waals surface area contributed by atoms with E-state index < -0.39 is 0 Å². The van der Waals surface area contributed by atoms with E-state index in [2.05, 4.69) is 15.9 Å². The second-order valence-corrected chi connectivity index (χ2v) is 5.87. The Morgan fingerprint density at radius 3 is 2.44 bits per heavy atom. The molecule has 0 heterocycles. The van der Waals surface area contributed by atoms with E-state index in [1.165, 1.54) is 5.56 Å². The molecule has 1 nitrogen and oxygen atoms in total. The first-order chi connectivity index (χ1) is 8.49. The van der Waals surface area contributed by atoms with Gasteiger partial charge >= 0.3 is 0 Å². The van der Waals surface area contributed by atoms with Crippen molar-refractivity contribution in [1.29, 1.82) is 0 Å². The van der Waals surface area contributed by atoms with Crippen LogP contribution in [0.3, 0.4) is 0 Å². The highest BCUT2D eigenvalue weighted by atomic mass is 79.9. The van der Waals surface area contributed by atoms with Gasteiger partial charge in [-0.1, -0.05) is 51.3 Å². The van der Waals surface area contributed by atoms with Crippen LogP contribution in [0.25, 0.3) is 0 Å². The predicted octanol–water partition coefficient (Wildman–Crippen LogP) is 5.11. The molecule has 2 aromatic carbocycles. The fourth-order valence-electron chi connectivity index (χ4n) is 1.80. The molecular formula is C14H12BrCl2N. The first-order valence-corrected chi connectivity index (χ1v) is 7.00. The predicted molar refractivity (Wildman–Crippen MR) is 81.4 cm³/mol. The Balaban J connectivity index is 2.47. The molecule has 0 aromatic heterocycles. The minimum absolute atomic E-state index is 0.300. The average Bonchev–Trinajstić information content (AvgIpc) is 2.31. The van der Waals surface area contributed by atoms with Crippen molar-refractivity contribution in [3.8, 4) is 0 Å². The van der Waals surface area contributed by atoms with Crippen molar-refractivity contribution in [1.82, 2.24) is 0 Å². The Morgan fingerprint density at radius 1 is 1.06 bits per heavy atom. The van der Waals surface area contributed by atoms with Crippen LogP contribution >= 0.6 is 39.1 Å². The Hall–Kier alpha value is -0.540. The molecule has 2 aromatic rings.